The average Bonchev–Trinajstić information content (AvgIpc) is 1.86. The van der Waals surface area contributed by atoms with Crippen LogP contribution in [-0.2, 0) is 11.8 Å². The molecule has 1 nitrogen and oxygen atoms in total. The highest BCUT2D eigenvalue weighted by atomic mass is 32.9. The van der Waals surface area contributed by atoms with Crippen molar-refractivity contribution in [2.75, 3.05) is 11.9 Å². The minimum Gasteiger partial charge on any atom is -0.357 e. The van der Waals surface area contributed by atoms with Crippen molar-refractivity contribution in [2.24, 2.45) is 5.92 Å². The van der Waals surface area contributed by atoms with E-state index in [2.05, 4.69) is 5.92 Å². The minimum atomic E-state index is -2.05. The van der Waals surface area contributed by atoms with Gasteiger partial charge in [-0.1, -0.05) is 23.2 Å². The summed E-state index contributed by atoms with van der Waals surface area (Å²) in [5.41, 5.74) is -2.05. The highest BCUT2D eigenvalue weighted by Gasteiger charge is 2.24. The second-order valence-corrected chi connectivity index (χ2v) is 9.70. The van der Waals surface area contributed by atoms with E-state index < -0.39 is 5.47 Å². The molecule has 0 bridgehead atoms. The zero-order valence-electron chi connectivity index (χ0n) is 5.49. The van der Waals surface area contributed by atoms with Gasteiger partial charge in [0, 0.05) is 17.8 Å². The lowest BCUT2D eigenvalue weighted by Crippen LogP contribution is -2.09. The molecule has 0 saturated carbocycles. The Morgan fingerprint density at radius 3 is 2.90 bits per heavy atom. The first-order valence-corrected chi connectivity index (χ1v) is 7.59. The molecular weight excluding hydrogens is 183 g/mol. The Labute approximate surface area is 70.4 Å². The monoisotopic (exact) mass is 192 g/mol. The highest BCUT2D eigenvalue weighted by molar-refractivity contribution is 8.69. The Hall–Kier alpha value is 0.520. The van der Waals surface area contributed by atoms with Gasteiger partial charge < -0.3 is 4.89 Å². The van der Waals surface area contributed by atoms with E-state index in [-0.39, 0.29) is 5.92 Å². The van der Waals surface area contributed by atoms with Crippen LogP contribution in [0.25, 0.3) is 0 Å². The van der Waals surface area contributed by atoms with Crippen molar-refractivity contribution in [3.05, 3.63) is 0 Å². The fraction of sp³-hybridized carbons (Fsp3) is 0.667. The molecule has 10 heavy (non-hydrogen) atoms. The second kappa shape index (κ2) is 3.28. The molecule has 2 atom stereocenters. The summed E-state index contributed by atoms with van der Waals surface area (Å²) in [6, 6.07) is 0. The molecule has 1 heterocycles. The van der Waals surface area contributed by atoms with Gasteiger partial charge >= 0.3 is 0 Å². The highest BCUT2D eigenvalue weighted by Crippen LogP contribution is 2.59. The van der Waals surface area contributed by atoms with Crippen LogP contribution in [0.4, 0.5) is 0 Å². The first-order valence-electron chi connectivity index (χ1n) is 3.06. The van der Waals surface area contributed by atoms with Crippen LogP contribution in [0.5, 0.6) is 0 Å². The van der Waals surface area contributed by atoms with Gasteiger partial charge in [0.05, 0.1) is 0 Å². The standard InChI is InChI=1S/C6H9OPS2/c1-2-6-3-4-10-8(7,9)5-6/h1,6H,3-5H2,(H,7,9). The van der Waals surface area contributed by atoms with Crippen LogP contribution in [0.2, 0.25) is 0 Å². The molecule has 0 amide bonds. The van der Waals surface area contributed by atoms with Gasteiger partial charge in [-0.2, -0.15) is 0 Å². The van der Waals surface area contributed by atoms with Crippen molar-refractivity contribution in [2.45, 2.75) is 6.42 Å². The minimum absolute atomic E-state index is 0.233. The summed E-state index contributed by atoms with van der Waals surface area (Å²) in [5, 5.41) is 0. The predicted molar refractivity (Wildman–Crippen MR) is 50.8 cm³/mol. The van der Waals surface area contributed by atoms with Crippen molar-refractivity contribution in [3.8, 4) is 12.3 Å². The van der Waals surface area contributed by atoms with E-state index in [1.165, 1.54) is 11.4 Å². The maximum absolute atomic E-state index is 9.47. The summed E-state index contributed by atoms with van der Waals surface area (Å²) >= 11 is 6.50. The van der Waals surface area contributed by atoms with Crippen molar-refractivity contribution in [3.63, 3.8) is 0 Å². The lowest BCUT2D eigenvalue weighted by molar-refractivity contribution is 0.614. The molecule has 0 aromatic rings. The third-order valence-electron chi connectivity index (χ3n) is 1.45. The molecule has 4 heteroatoms. The molecule has 0 aromatic carbocycles. The molecule has 56 valence electrons. The Bertz CT molecular complexity index is 208. The van der Waals surface area contributed by atoms with Crippen LogP contribution in [0, 0.1) is 18.3 Å². The van der Waals surface area contributed by atoms with Crippen LogP contribution >= 0.6 is 16.8 Å². The molecule has 1 aliphatic rings. The van der Waals surface area contributed by atoms with Crippen molar-refractivity contribution in [1.29, 1.82) is 0 Å². The SMILES string of the molecule is C#CC1CCSP(O)(=S)C1. The Balaban J connectivity index is 2.58. The van der Waals surface area contributed by atoms with Gasteiger partial charge in [-0.15, -0.1) is 12.3 Å². The Kier molecular flexibility index (Phi) is 2.82. The molecule has 1 fully saturated rings. The van der Waals surface area contributed by atoms with Crippen molar-refractivity contribution in [1.82, 2.24) is 0 Å². The average molecular weight is 192 g/mol. The largest absolute Gasteiger partial charge is 0.357 e. The van der Waals surface area contributed by atoms with E-state index in [0.29, 0.717) is 6.16 Å². The fourth-order valence-corrected chi connectivity index (χ4v) is 5.76. The summed E-state index contributed by atoms with van der Waals surface area (Å²) < 4.78 is 0. The maximum Gasteiger partial charge on any atom is 0.118 e. The zero-order chi connectivity index (χ0) is 7.61. The zero-order valence-corrected chi connectivity index (χ0v) is 8.01. The van der Waals surface area contributed by atoms with E-state index in [4.69, 9.17) is 18.2 Å². The molecule has 1 aliphatic heterocycles. The first kappa shape index (κ1) is 8.62. The molecule has 1 N–H and O–H groups in total. The molecule has 0 aliphatic carbocycles. The van der Waals surface area contributed by atoms with Crippen LogP contribution in [0.1, 0.15) is 6.42 Å². The first-order chi connectivity index (χ1) is 4.64. The Morgan fingerprint density at radius 1 is 1.80 bits per heavy atom. The Morgan fingerprint density at radius 2 is 2.50 bits per heavy atom. The van der Waals surface area contributed by atoms with Crippen molar-refractivity contribution >= 4 is 28.7 Å². The molecule has 2 unspecified atom stereocenters. The van der Waals surface area contributed by atoms with Gasteiger partial charge in [-0.05, 0) is 6.42 Å². The molecule has 1 rings (SSSR count). The van der Waals surface area contributed by atoms with Gasteiger partial charge in [0.25, 0.3) is 0 Å². The van der Waals surface area contributed by atoms with Gasteiger partial charge in [0.15, 0.2) is 0 Å². The number of hydrogen-bond donors (Lipinski definition) is 1. The van der Waals surface area contributed by atoms with E-state index in [9.17, 15) is 4.89 Å². The van der Waals surface area contributed by atoms with Gasteiger partial charge in [-0.3, -0.25) is 0 Å². The van der Waals surface area contributed by atoms with Gasteiger partial charge in [0.2, 0.25) is 0 Å². The number of rotatable bonds is 0. The maximum atomic E-state index is 9.47. The smallest absolute Gasteiger partial charge is 0.118 e. The van der Waals surface area contributed by atoms with E-state index in [1.807, 2.05) is 0 Å². The number of hydrogen-bond acceptors (Lipinski definition) is 2. The molecule has 0 radical (unpaired) electrons. The lowest BCUT2D eigenvalue weighted by Gasteiger charge is -2.23. The topological polar surface area (TPSA) is 20.2 Å². The van der Waals surface area contributed by atoms with Crippen LogP contribution < -0.4 is 0 Å². The fourth-order valence-electron chi connectivity index (χ4n) is 0.896. The summed E-state index contributed by atoms with van der Waals surface area (Å²) in [7, 11) is 0. The van der Waals surface area contributed by atoms with Crippen molar-refractivity contribution < 1.29 is 4.89 Å². The third-order valence-corrected chi connectivity index (χ3v) is 6.77. The normalized spacial score (nSPS) is 40.6. The lowest BCUT2D eigenvalue weighted by atomic mass is 10.1. The van der Waals surface area contributed by atoms with Crippen LogP contribution in [-0.4, -0.2) is 16.8 Å². The molecular formula is C6H9OPS2. The van der Waals surface area contributed by atoms with Crippen LogP contribution in [0.3, 0.4) is 0 Å². The van der Waals surface area contributed by atoms with Crippen LogP contribution in [0.15, 0.2) is 0 Å². The third kappa shape index (κ3) is 2.29. The van der Waals surface area contributed by atoms with E-state index in [0.717, 1.165) is 12.2 Å². The summed E-state index contributed by atoms with van der Waals surface area (Å²) in [5.74, 6) is 3.81. The molecule has 0 spiro atoms. The summed E-state index contributed by atoms with van der Waals surface area (Å²) in [6.45, 7) is 0. The molecule has 1 saturated heterocycles. The van der Waals surface area contributed by atoms with Gasteiger partial charge in [0.1, 0.15) is 5.47 Å². The van der Waals surface area contributed by atoms with E-state index >= 15 is 0 Å². The molecule has 0 aromatic heterocycles. The quantitative estimate of drug-likeness (QED) is 0.466. The second-order valence-electron chi connectivity index (χ2n) is 2.31. The summed E-state index contributed by atoms with van der Waals surface area (Å²) in [4.78, 5) is 9.47. The number of terminal acetylenes is 1. The van der Waals surface area contributed by atoms with Gasteiger partial charge in [-0.25, -0.2) is 0 Å². The van der Waals surface area contributed by atoms with E-state index in [1.54, 1.807) is 0 Å². The predicted octanol–water partition coefficient (Wildman–Crippen LogP) is 1.67. The summed E-state index contributed by atoms with van der Waals surface area (Å²) in [6.07, 6.45) is 6.91.